The third-order valence-corrected chi connectivity index (χ3v) is 5.80. The van der Waals surface area contributed by atoms with Crippen LogP contribution in [0, 0.1) is 11.8 Å². The third kappa shape index (κ3) is 3.74. The zero-order valence-electron chi connectivity index (χ0n) is 18.0. The number of benzene rings is 1. The van der Waals surface area contributed by atoms with Crippen LogP contribution < -0.4 is 16.2 Å². The number of rotatable bonds is 4. The van der Waals surface area contributed by atoms with Crippen LogP contribution in [-0.2, 0) is 24.4 Å². The van der Waals surface area contributed by atoms with E-state index < -0.39 is 0 Å². The summed E-state index contributed by atoms with van der Waals surface area (Å²) in [4.78, 5) is 24.8. The van der Waals surface area contributed by atoms with Crippen LogP contribution >= 0.6 is 0 Å². The van der Waals surface area contributed by atoms with Gasteiger partial charge >= 0.3 is 0 Å². The molecule has 32 heavy (non-hydrogen) atoms. The van der Waals surface area contributed by atoms with E-state index in [1.807, 2.05) is 28.8 Å². The molecule has 0 saturated carbocycles. The molecule has 0 spiro atoms. The average molecular weight is 432 g/mol. The molecule has 5 rings (SSSR count). The number of nitrogens with two attached hydrogens (primary N) is 1. The Bertz CT molecular complexity index is 1310. The summed E-state index contributed by atoms with van der Waals surface area (Å²) in [7, 11) is 0. The molecule has 0 radical (unpaired) electrons. The molecule has 9 heteroatoms. The molecule has 2 N–H and O–H groups in total. The molecule has 0 bridgehead atoms. The summed E-state index contributed by atoms with van der Waals surface area (Å²) in [5.74, 6) is 7.16. The first kappa shape index (κ1) is 20.3. The highest BCUT2D eigenvalue weighted by Crippen LogP contribution is 2.25. The Hall–Kier alpha value is -3.64. The zero-order chi connectivity index (χ0) is 22.1. The number of nitrogens with zero attached hydrogens (tertiary/aromatic N) is 6. The Labute approximate surface area is 185 Å². The van der Waals surface area contributed by atoms with Crippen LogP contribution in [0.15, 0.2) is 40.2 Å². The van der Waals surface area contributed by atoms with Crippen LogP contribution in [-0.4, -0.2) is 44.4 Å². The number of hydrogen-bond acceptors (Lipinski definition) is 7. The summed E-state index contributed by atoms with van der Waals surface area (Å²) in [6.45, 7) is 4.29. The van der Waals surface area contributed by atoms with Gasteiger partial charge in [-0.3, -0.25) is 9.36 Å². The Morgan fingerprint density at radius 2 is 2.19 bits per heavy atom. The summed E-state index contributed by atoms with van der Waals surface area (Å²) in [5.41, 5.74) is 8.85. The third-order valence-electron chi connectivity index (χ3n) is 5.80. The summed E-state index contributed by atoms with van der Waals surface area (Å²) < 4.78 is 9.02. The first-order valence-electron chi connectivity index (χ1n) is 10.8. The van der Waals surface area contributed by atoms with Crippen LogP contribution in [0.4, 0.5) is 11.6 Å². The minimum Gasteiger partial charge on any atom is -0.474 e. The van der Waals surface area contributed by atoms with Gasteiger partial charge in [-0.15, -0.1) is 5.92 Å². The van der Waals surface area contributed by atoms with Crippen molar-refractivity contribution in [2.24, 2.45) is 10.7 Å². The van der Waals surface area contributed by atoms with Gasteiger partial charge in [0.05, 0.1) is 18.4 Å². The number of aromatic nitrogens is 4. The Morgan fingerprint density at radius 1 is 1.31 bits per heavy atom. The number of para-hydroxylation sites is 1. The van der Waals surface area contributed by atoms with E-state index in [-0.39, 0.29) is 18.1 Å². The van der Waals surface area contributed by atoms with E-state index in [1.54, 1.807) is 13.1 Å². The first-order valence-corrected chi connectivity index (χ1v) is 10.8. The SMILES string of the molecule is CC#CCn1c(N2CCCC(N)C2)nc2cnn(CC3=Nc4ccccc4CO3)c(=O)c21. The van der Waals surface area contributed by atoms with Crippen molar-refractivity contribution in [2.45, 2.75) is 45.5 Å². The second-order valence-electron chi connectivity index (χ2n) is 8.04. The van der Waals surface area contributed by atoms with Crippen molar-refractivity contribution >= 4 is 28.6 Å². The van der Waals surface area contributed by atoms with Crippen molar-refractivity contribution in [1.82, 2.24) is 19.3 Å². The largest absolute Gasteiger partial charge is 0.474 e. The van der Waals surface area contributed by atoms with Gasteiger partial charge < -0.3 is 15.4 Å². The first-order chi connectivity index (χ1) is 15.6. The lowest BCUT2D eigenvalue weighted by Crippen LogP contribution is -2.44. The fourth-order valence-corrected chi connectivity index (χ4v) is 4.21. The molecule has 3 aromatic rings. The van der Waals surface area contributed by atoms with Crippen LogP contribution in [0.1, 0.15) is 25.3 Å². The van der Waals surface area contributed by atoms with Gasteiger partial charge in [0.1, 0.15) is 24.2 Å². The quantitative estimate of drug-likeness (QED) is 0.632. The number of hydrogen-bond donors (Lipinski definition) is 1. The fraction of sp³-hybridized carbons (Fsp3) is 0.391. The highest BCUT2D eigenvalue weighted by atomic mass is 16.5. The lowest BCUT2D eigenvalue weighted by Gasteiger charge is -2.31. The summed E-state index contributed by atoms with van der Waals surface area (Å²) in [5, 5.41) is 4.34. The standard InChI is InChI=1S/C23H25N7O2/c1-2-3-11-29-21-19(27-23(29)28-10-6-8-17(24)13-28)12-25-30(22(21)31)14-20-26-18-9-5-4-7-16(18)15-32-20/h4-5,7,9,12,17H,6,8,10-11,13-15,24H2,1H3. The monoisotopic (exact) mass is 431 g/mol. The highest BCUT2D eigenvalue weighted by molar-refractivity contribution is 5.82. The van der Waals surface area contributed by atoms with Gasteiger partial charge in [-0.25, -0.2) is 14.7 Å². The van der Waals surface area contributed by atoms with E-state index in [0.29, 0.717) is 36.6 Å². The van der Waals surface area contributed by atoms with Crippen LogP contribution in [0.5, 0.6) is 0 Å². The van der Waals surface area contributed by atoms with Gasteiger partial charge in [-0.1, -0.05) is 24.1 Å². The molecule has 2 aliphatic heterocycles. The van der Waals surface area contributed by atoms with Gasteiger partial charge in [0.25, 0.3) is 5.56 Å². The second kappa shape index (κ2) is 8.48. The molecule has 1 saturated heterocycles. The molecule has 164 valence electrons. The van der Waals surface area contributed by atoms with Crippen molar-refractivity contribution in [3.8, 4) is 11.8 Å². The van der Waals surface area contributed by atoms with Crippen molar-refractivity contribution in [3.05, 3.63) is 46.4 Å². The lowest BCUT2D eigenvalue weighted by molar-refractivity contribution is 0.272. The minimum absolute atomic E-state index is 0.0911. The van der Waals surface area contributed by atoms with Crippen LogP contribution in [0.2, 0.25) is 0 Å². The van der Waals surface area contributed by atoms with Gasteiger partial charge in [-0.2, -0.15) is 5.10 Å². The topological polar surface area (TPSA) is 104 Å². The van der Waals surface area contributed by atoms with Gasteiger partial charge in [0.15, 0.2) is 0 Å². The van der Waals surface area contributed by atoms with E-state index in [0.717, 1.165) is 36.6 Å². The van der Waals surface area contributed by atoms with Gasteiger partial charge in [0, 0.05) is 24.7 Å². The smallest absolute Gasteiger partial charge is 0.293 e. The van der Waals surface area contributed by atoms with Gasteiger partial charge in [0.2, 0.25) is 11.8 Å². The number of ether oxygens (including phenoxy) is 1. The molecule has 1 aromatic carbocycles. The van der Waals surface area contributed by atoms with E-state index in [2.05, 4.69) is 26.8 Å². The number of piperidine rings is 1. The number of aliphatic imine (C=N–C) groups is 1. The molecule has 1 unspecified atom stereocenters. The maximum Gasteiger partial charge on any atom is 0.293 e. The summed E-state index contributed by atoms with van der Waals surface area (Å²) in [6.07, 6.45) is 3.60. The predicted molar refractivity (Wildman–Crippen MR) is 123 cm³/mol. The van der Waals surface area contributed by atoms with E-state index in [9.17, 15) is 4.79 Å². The van der Waals surface area contributed by atoms with E-state index in [1.165, 1.54) is 4.68 Å². The van der Waals surface area contributed by atoms with Crippen LogP contribution in [0.3, 0.4) is 0 Å². The van der Waals surface area contributed by atoms with E-state index >= 15 is 0 Å². The maximum atomic E-state index is 13.4. The fourth-order valence-electron chi connectivity index (χ4n) is 4.21. The number of anilines is 1. The number of fused-ring (bicyclic) bond motifs is 2. The van der Waals surface area contributed by atoms with Crippen molar-refractivity contribution in [3.63, 3.8) is 0 Å². The average Bonchev–Trinajstić information content (AvgIpc) is 3.19. The molecule has 4 heterocycles. The molecule has 2 aromatic heterocycles. The normalized spacial score (nSPS) is 17.9. The van der Waals surface area contributed by atoms with Crippen molar-refractivity contribution < 1.29 is 4.74 Å². The Balaban J connectivity index is 1.54. The minimum atomic E-state index is -0.245. The molecule has 1 atom stereocenters. The Morgan fingerprint density at radius 3 is 3.03 bits per heavy atom. The van der Waals surface area contributed by atoms with Gasteiger partial charge in [-0.05, 0) is 25.8 Å². The second-order valence-corrected chi connectivity index (χ2v) is 8.04. The summed E-state index contributed by atoms with van der Waals surface area (Å²) in [6, 6.07) is 7.89. The molecule has 9 nitrogen and oxygen atoms in total. The highest BCUT2D eigenvalue weighted by Gasteiger charge is 2.24. The Kier molecular flexibility index (Phi) is 5.37. The molecule has 0 amide bonds. The maximum absolute atomic E-state index is 13.4. The number of imidazole rings is 1. The van der Waals surface area contributed by atoms with E-state index in [4.69, 9.17) is 15.5 Å². The summed E-state index contributed by atoms with van der Waals surface area (Å²) >= 11 is 0. The van der Waals surface area contributed by atoms with Crippen molar-refractivity contribution in [2.75, 3.05) is 18.0 Å². The molecule has 0 aliphatic carbocycles. The molecular formula is C23H25N7O2. The predicted octanol–water partition coefficient (Wildman–Crippen LogP) is 1.80. The zero-order valence-corrected chi connectivity index (χ0v) is 18.0. The van der Waals surface area contributed by atoms with Crippen LogP contribution in [0.25, 0.3) is 11.0 Å². The molecular weight excluding hydrogens is 406 g/mol. The lowest BCUT2D eigenvalue weighted by atomic mass is 10.1. The molecule has 2 aliphatic rings. The molecule has 1 fully saturated rings. The van der Waals surface area contributed by atoms with Crippen molar-refractivity contribution in [1.29, 1.82) is 0 Å².